The number of benzene rings is 2. The van der Waals surface area contributed by atoms with Gasteiger partial charge in [-0.05, 0) is 47.9 Å². The van der Waals surface area contributed by atoms with Gasteiger partial charge < -0.3 is 5.32 Å². The van der Waals surface area contributed by atoms with Crippen LogP contribution in [0.3, 0.4) is 0 Å². The number of carbonyl (C=O) groups excluding carboxylic acids is 1. The van der Waals surface area contributed by atoms with Gasteiger partial charge in [-0.3, -0.25) is 4.79 Å². The fourth-order valence-corrected chi connectivity index (χ4v) is 3.35. The van der Waals surface area contributed by atoms with Crippen LogP contribution in [0.4, 0.5) is 0 Å². The molecule has 3 rings (SSSR count). The van der Waals surface area contributed by atoms with Crippen molar-refractivity contribution in [1.29, 1.82) is 0 Å². The molecule has 2 nitrogen and oxygen atoms in total. The predicted octanol–water partition coefficient (Wildman–Crippen LogP) is 4.48. The average Bonchev–Trinajstić information content (AvgIpc) is 3.34. The molecule has 114 valence electrons. The summed E-state index contributed by atoms with van der Waals surface area (Å²) in [7, 11) is 0. The number of hydrogen-bond acceptors (Lipinski definition) is 2. The summed E-state index contributed by atoms with van der Waals surface area (Å²) in [6.07, 6.45) is 2.94. The number of hydrogen-bond donors (Lipinski definition) is 1. The molecule has 1 aliphatic rings. The summed E-state index contributed by atoms with van der Waals surface area (Å²) in [5.74, 6) is 0.455. The van der Waals surface area contributed by atoms with E-state index < -0.39 is 0 Å². The van der Waals surface area contributed by atoms with Crippen molar-refractivity contribution in [3.8, 4) is 0 Å². The van der Waals surface area contributed by atoms with Gasteiger partial charge in [0.1, 0.15) is 0 Å². The highest BCUT2D eigenvalue weighted by Gasteiger charge is 2.44. The van der Waals surface area contributed by atoms with Crippen molar-refractivity contribution in [2.45, 2.75) is 23.8 Å². The molecule has 2 aromatic rings. The molecule has 1 amide bonds. The van der Waals surface area contributed by atoms with E-state index in [4.69, 9.17) is 11.6 Å². The van der Waals surface area contributed by atoms with E-state index in [9.17, 15) is 4.79 Å². The summed E-state index contributed by atoms with van der Waals surface area (Å²) < 4.78 is 0. The lowest BCUT2D eigenvalue weighted by molar-refractivity contribution is -0.122. The highest BCUT2D eigenvalue weighted by molar-refractivity contribution is 7.98. The molecule has 0 aromatic heterocycles. The van der Waals surface area contributed by atoms with Crippen LogP contribution in [0.2, 0.25) is 5.02 Å². The van der Waals surface area contributed by atoms with Crippen LogP contribution in [0.5, 0.6) is 0 Å². The third-order valence-corrected chi connectivity index (χ3v) is 5.15. The van der Waals surface area contributed by atoms with Crippen LogP contribution in [0.15, 0.2) is 53.4 Å². The van der Waals surface area contributed by atoms with Gasteiger partial charge in [0.05, 0.1) is 0 Å². The van der Waals surface area contributed by atoms with Crippen molar-refractivity contribution >= 4 is 29.3 Å². The van der Waals surface area contributed by atoms with Crippen LogP contribution >= 0.6 is 23.4 Å². The zero-order chi connectivity index (χ0) is 15.5. The first-order valence-corrected chi connectivity index (χ1v) is 8.94. The van der Waals surface area contributed by atoms with E-state index in [1.165, 1.54) is 4.90 Å². The van der Waals surface area contributed by atoms with Gasteiger partial charge >= 0.3 is 0 Å². The Hall–Kier alpha value is -1.45. The van der Waals surface area contributed by atoms with Crippen LogP contribution in [0.25, 0.3) is 0 Å². The van der Waals surface area contributed by atoms with Crippen LogP contribution in [-0.4, -0.2) is 12.2 Å². The van der Waals surface area contributed by atoms with E-state index in [2.05, 4.69) is 35.8 Å². The SMILES string of the molecule is CSc1ccc(CNC(=O)C2CC2c2ccccc2Cl)cc1. The molecular weight excluding hydrogens is 314 g/mol. The molecule has 0 bridgehead atoms. The Labute approximate surface area is 140 Å². The number of rotatable bonds is 5. The molecule has 1 saturated carbocycles. The van der Waals surface area contributed by atoms with Gasteiger partial charge in [0.2, 0.25) is 5.91 Å². The van der Waals surface area contributed by atoms with Crippen molar-refractivity contribution in [2.24, 2.45) is 5.92 Å². The summed E-state index contributed by atoms with van der Waals surface area (Å²) in [6, 6.07) is 16.1. The van der Waals surface area contributed by atoms with E-state index >= 15 is 0 Å². The predicted molar refractivity (Wildman–Crippen MR) is 92.4 cm³/mol. The molecule has 0 heterocycles. The van der Waals surface area contributed by atoms with E-state index in [0.29, 0.717) is 6.54 Å². The van der Waals surface area contributed by atoms with E-state index in [1.54, 1.807) is 11.8 Å². The van der Waals surface area contributed by atoms with Crippen LogP contribution < -0.4 is 5.32 Å². The molecule has 2 atom stereocenters. The van der Waals surface area contributed by atoms with Crippen molar-refractivity contribution in [1.82, 2.24) is 5.32 Å². The molecule has 1 aliphatic carbocycles. The van der Waals surface area contributed by atoms with Crippen LogP contribution in [0, 0.1) is 5.92 Å². The Kier molecular flexibility index (Phi) is 4.74. The average molecular weight is 332 g/mol. The van der Waals surface area contributed by atoms with Gasteiger partial charge in [0.25, 0.3) is 0 Å². The molecule has 1 fully saturated rings. The monoisotopic (exact) mass is 331 g/mol. The first-order chi connectivity index (χ1) is 10.7. The van der Waals surface area contributed by atoms with Gasteiger partial charge in [-0.25, -0.2) is 0 Å². The summed E-state index contributed by atoms with van der Waals surface area (Å²) in [5.41, 5.74) is 2.22. The van der Waals surface area contributed by atoms with Crippen LogP contribution in [0.1, 0.15) is 23.5 Å². The molecule has 22 heavy (non-hydrogen) atoms. The Balaban J connectivity index is 1.54. The minimum Gasteiger partial charge on any atom is -0.352 e. The highest BCUT2D eigenvalue weighted by atomic mass is 35.5. The Morgan fingerprint density at radius 3 is 2.64 bits per heavy atom. The van der Waals surface area contributed by atoms with Gasteiger partial charge in [0.15, 0.2) is 0 Å². The van der Waals surface area contributed by atoms with Crippen molar-refractivity contribution in [3.05, 3.63) is 64.7 Å². The van der Waals surface area contributed by atoms with Gasteiger partial charge in [-0.1, -0.05) is 41.9 Å². The lowest BCUT2D eigenvalue weighted by Gasteiger charge is -2.07. The summed E-state index contributed by atoms with van der Waals surface area (Å²) in [6.45, 7) is 0.583. The molecular formula is C18H18ClNOS. The normalized spacial score (nSPS) is 19.7. The number of thioether (sulfide) groups is 1. The third-order valence-electron chi connectivity index (χ3n) is 4.06. The Morgan fingerprint density at radius 2 is 1.95 bits per heavy atom. The maximum Gasteiger partial charge on any atom is 0.224 e. The fourth-order valence-electron chi connectivity index (χ4n) is 2.67. The lowest BCUT2D eigenvalue weighted by atomic mass is 10.1. The smallest absolute Gasteiger partial charge is 0.224 e. The molecule has 4 heteroatoms. The first-order valence-electron chi connectivity index (χ1n) is 7.34. The standard InChI is InChI=1S/C18H18ClNOS/c1-22-13-8-6-12(7-9-13)11-20-18(21)16-10-15(16)14-4-2-3-5-17(14)19/h2-9,15-16H,10-11H2,1H3,(H,20,21). The number of amides is 1. The maximum atomic E-state index is 12.2. The molecule has 0 aliphatic heterocycles. The minimum atomic E-state index is 0.0605. The largest absolute Gasteiger partial charge is 0.352 e. The lowest BCUT2D eigenvalue weighted by Crippen LogP contribution is -2.24. The summed E-state index contributed by atoms with van der Waals surface area (Å²) >= 11 is 7.91. The molecule has 1 N–H and O–H groups in total. The second-order valence-electron chi connectivity index (χ2n) is 5.54. The number of nitrogens with one attached hydrogen (secondary N) is 1. The molecule has 0 spiro atoms. The third kappa shape index (κ3) is 3.47. The van der Waals surface area contributed by atoms with E-state index in [1.807, 2.05) is 24.3 Å². The topological polar surface area (TPSA) is 29.1 Å². The fraction of sp³-hybridized carbons (Fsp3) is 0.278. The van der Waals surface area contributed by atoms with Crippen molar-refractivity contribution in [2.75, 3.05) is 6.26 Å². The quantitative estimate of drug-likeness (QED) is 0.818. The Bertz CT molecular complexity index is 671. The summed E-state index contributed by atoms with van der Waals surface area (Å²) in [5, 5.41) is 3.79. The van der Waals surface area contributed by atoms with E-state index in [0.717, 1.165) is 22.6 Å². The molecule has 2 unspecified atom stereocenters. The van der Waals surface area contributed by atoms with Crippen molar-refractivity contribution in [3.63, 3.8) is 0 Å². The summed E-state index contributed by atoms with van der Waals surface area (Å²) in [4.78, 5) is 13.5. The second kappa shape index (κ2) is 6.76. The second-order valence-corrected chi connectivity index (χ2v) is 6.82. The molecule has 2 aromatic carbocycles. The van der Waals surface area contributed by atoms with Crippen LogP contribution in [-0.2, 0) is 11.3 Å². The van der Waals surface area contributed by atoms with Gasteiger partial charge in [0, 0.05) is 22.4 Å². The maximum absolute atomic E-state index is 12.2. The number of carbonyl (C=O) groups is 1. The minimum absolute atomic E-state index is 0.0605. The zero-order valence-corrected chi connectivity index (χ0v) is 14.0. The number of halogens is 1. The highest BCUT2D eigenvalue weighted by Crippen LogP contribution is 2.49. The first kappa shape index (κ1) is 15.4. The zero-order valence-electron chi connectivity index (χ0n) is 12.4. The Morgan fingerprint density at radius 1 is 1.23 bits per heavy atom. The molecule has 0 saturated heterocycles. The van der Waals surface area contributed by atoms with Gasteiger partial charge in [-0.2, -0.15) is 0 Å². The van der Waals surface area contributed by atoms with Gasteiger partial charge in [-0.15, -0.1) is 11.8 Å². The molecule has 0 radical (unpaired) electrons. The van der Waals surface area contributed by atoms with E-state index in [-0.39, 0.29) is 17.7 Å². The van der Waals surface area contributed by atoms with Crippen molar-refractivity contribution < 1.29 is 4.79 Å².